The van der Waals surface area contributed by atoms with E-state index in [1.807, 2.05) is 36.4 Å². The van der Waals surface area contributed by atoms with Crippen molar-refractivity contribution in [2.75, 3.05) is 11.9 Å². The van der Waals surface area contributed by atoms with Crippen molar-refractivity contribution < 1.29 is 20.7 Å². The number of ether oxygens (including phenoxy) is 2. The van der Waals surface area contributed by atoms with Crippen LogP contribution in [0.15, 0.2) is 65.6 Å². The van der Waals surface area contributed by atoms with E-state index in [1.165, 1.54) is 16.8 Å². The van der Waals surface area contributed by atoms with Crippen LogP contribution in [0.3, 0.4) is 0 Å². The number of amides is 1. The van der Waals surface area contributed by atoms with Crippen LogP contribution >= 0.6 is 0 Å². The first-order valence-electron chi connectivity index (χ1n) is 11.1. The summed E-state index contributed by atoms with van der Waals surface area (Å²) in [5.74, 6) is -0.0101. The first-order chi connectivity index (χ1) is 16.0. The van der Waals surface area contributed by atoms with Crippen LogP contribution in [0.1, 0.15) is 38.0 Å². The molecule has 164 valence electrons. The lowest BCUT2D eigenvalue weighted by Crippen LogP contribution is -2.28. The second-order valence-corrected chi connectivity index (χ2v) is 7.89. The van der Waals surface area contributed by atoms with E-state index in [0.717, 1.165) is 22.3 Å². The average molecular weight is 434 g/mol. The minimum Gasteiger partial charge on any atom is -0.448 e. The van der Waals surface area contributed by atoms with Crippen molar-refractivity contribution in [3.8, 4) is 11.1 Å². The van der Waals surface area contributed by atoms with Gasteiger partial charge in [0.05, 0.1) is 12.2 Å². The fraction of sp³-hybridized carbons (Fsp3) is 0.292. The van der Waals surface area contributed by atoms with Crippen molar-refractivity contribution in [3.05, 3.63) is 82.4 Å². The lowest BCUT2D eigenvalue weighted by Gasteiger charge is -2.15. The molecule has 3 aromatic rings. The maximum Gasteiger partial charge on any atom is 0.412 e. The highest BCUT2D eigenvalue weighted by molar-refractivity contribution is 5.83. The maximum atomic E-state index is 12.4. The van der Waals surface area contributed by atoms with Crippen molar-refractivity contribution >= 4 is 11.9 Å². The standard InChI is InChI=1S/C24H23N3O5/c1-14-20(28)12-22(32-14)27-11-10-21(25-23(27)29)26-24(30)31-13-19-17-8-4-2-6-15(17)16-7-3-5-9-18(16)19/h2-11,14,19-20,22,28H,12-13H2,1H3,(H,25,26,29,30)/t14-,20-,22-/m1/s1/i1D. The Morgan fingerprint density at radius 3 is 2.53 bits per heavy atom. The molecule has 8 nitrogen and oxygen atoms in total. The summed E-state index contributed by atoms with van der Waals surface area (Å²) in [6.07, 6.45) is -1.21. The fourth-order valence-electron chi connectivity index (χ4n) is 4.33. The lowest BCUT2D eigenvalue weighted by atomic mass is 9.98. The SMILES string of the molecule is [2H]C[C@H]1O[C@@H](n2ccc(NC(=O)OCC3c4ccccc4-c4ccccc43)nc2=O)C[C@H]1O. The Morgan fingerprint density at radius 2 is 1.91 bits per heavy atom. The second kappa shape index (κ2) is 8.22. The summed E-state index contributed by atoms with van der Waals surface area (Å²) in [5.41, 5.74) is 3.86. The maximum absolute atomic E-state index is 12.4. The fourth-order valence-corrected chi connectivity index (χ4v) is 4.33. The molecule has 0 unspecified atom stereocenters. The van der Waals surface area contributed by atoms with Gasteiger partial charge in [0.25, 0.3) is 0 Å². The Bertz CT molecular complexity index is 1200. The van der Waals surface area contributed by atoms with E-state index in [4.69, 9.17) is 10.8 Å². The van der Waals surface area contributed by atoms with E-state index in [1.54, 1.807) is 0 Å². The van der Waals surface area contributed by atoms with Crippen LogP contribution in [0, 0.1) is 0 Å². The highest BCUT2D eigenvalue weighted by Crippen LogP contribution is 2.44. The van der Waals surface area contributed by atoms with Crippen LogP contribution in [0.25, 0.3) is 11.1 Å². The van der Waals surface area contributed by atoms with E-state index in [9.17, 15) is 14.7 Å². The molecule has 2 aromatic carbocycles. The number of benzene rings is 2. The number of nitrogens with one attached hydrogen (secondary N) is 1. The lowest BCUT2D eigenvalue weighted by molar-refractivity contribution is -0.0100. The molecule has 1 fully saturated rings. The van der Waals surface area contributed by atoms with Gasteiger partial charge in [0.15, 0.2) is 0 Å². The third kappa shape index (κ3) is 3.68. The van der Waals surface area contributed by atoms with Gasteiger partial charge < -0.3 is 14.6 Å². The second-order valence-electron chi connectivity index (χ2n) is 7.89. The third-order valence-corrected chi connectivity index (χ3v) is 5.92. The molecule has 5 rings (SSSR count). The van der Waals surface area contributed by atoms with Gasteiger partial charge in [-0.15, -0.1) is 0 Å². The molecular weight excluding hydrogens is 410 g/mol. The molecule has 2 N–H and O–H groups in total. The molecule has 2 heterocycles. The summed E-state index contributed by atoms with van der Waals surface area (Å²) in [6.45, 7) is 0.0561. The van der Waals surface area contributed by atoms with Gasteiger partial charge in [-0.05, 0) is 35.2 Å². The van der Waals surface area contributed by atoms with Crippen LogP contribution < -0.4 is 11.0 Å². The molecule has 1 amide bonds. The van der Waals surface area contributed by atoms with Crippen LogP contribution in [0.4, 0.5) is 10.6 Å². The zero-order valence-corrected chi connectivity index (χ0v) is 17.2. The number of hydrogen-bond acceptors (Lipinski definition) is 6. The van der Waals surface area contributed by atoms with Crippen molar-refractivity contribution in [2.24, 2.45) is 0 Å². The molecule has 1 aliphatic carbocycles. The molecule has 0 saturated carbocycles. The molecule has 0 radical (unpaired) electrons. The summed E-state index contributed by atoms with van der Waals surface area (Å²) in [4.78, 5) is 28.7. The van der Waals surface area contributed by atoms with E-state index in [0.29, 0.717) is 0 Å². The van der Waals surface area contributed by atoms with Gasteiger partial charge in [0.1, 0.15) is 18.7 Å². The molecule has 0 spiro atoms. The van der Waals surface area contributed by atoms with Gasteiger partial charge in [-0.1, -0.05) is 48.5 Å². The highest BCUT2D eigenvalue weighted by Gasteiger charge is 2.32. The van der Waals surface area contributed by atoms with Gasteiger partial charge in [0, 0.05) is 19.9 Å². The summed E-state index contributed by atoms with van der Waals surface area (Å²) >= 11 is 0. The van der Waals surface area contributed by atoms with Gasteiger partial charge in [0.2, 0.25) is 0 Å². The summed E-state index contributed by atoms with van der Waals surface area (Å²) in [6, 6.07) is 17.6. The molecule has 3 atom stereocenters. The average Bonchev–Trinajstić information content (AvgIpc) is 3.35. The number of anilines is 1. The summed E-state index contributed by atoms with van der Waals surface area (Å²) < 4.78 is 19.6. The predicted octanol–water partition coefficient (Wildman–Crippen LogP) is 3.27. The van der Waals surface area contributed by atoms with Gasteiger partial charge >= 0.3 is 11.8 Å². The Labute approximate surface area is 185 Å². The number of aliphatic hydroxyl groups excluding tert-OH is 1. The number of carbonyl (C=O) groups is 1. The number of hydrogen-bond donors (Lipinski definition) is 2. The number of fused-ring (bicyclic) bond motifs is 3. The molecule has 1 aliphatic heterocycles. The number of nitrogens with zero attached hydrogens (tertiary/aromatic N) is 2. The number of carbonyl (C=O) groups excluding carboxylic acids is 1. The summed E-state index contributed by atoms with van der Waals surface area (Å²) in [5, 5.41) is 12.4. The van der Waals surface area contributed by atoms with Crippen LogP contribution in [-0.2, 0) is 9.47 Å². The molecular formula is C24H23N3O5. The number of rotatable bonds is 4. The zero-order valence-electron chi connectivity index (χ0n) is 18.2. The van der Waals surface area contributed by atoms with Gasteiger partial charge in [-0.2, -0.15) is 4.98 Å². The highest BCUT2D eigenvalue weighted by atomic mass is 16.5. The van der Waals surface area contributed by atoms with Gasteiger partial charge in [-0.25, -0.2) is 9.59 Å². The Hall–Kier alpha value is -3.49. The van der Waals surface area contributed by atoms with E-state index in [-0.39, 0.29) is 31.7 Å². The Balaban J connectivity index is 1.24. The first kappa shape index (κ1) is 19.2. The zero-order chi connectivity index (χ0) is 22.9. The topological polar surface area (TPSA) is 103 Å². The predicted molar refractivity (Wildman–Crippen MR) is 117 cm³/mol. The molecule has 2 aliphatic rings. The minimum absolute atomic E-state index is 0.0593. The first-order valence-corrected chi connectivity index (χ1v) is 10.4. The van der Waals surface area contributed by atoms with Crippen molar-refractivity contribution in [1.82, 2.24) is 9.55 Å². The van der Waals surface area contributed by atoms with E-state index >= 15 is 0 Å². The monoisotopic (exact) mass is 434 g/mol. The van der Waals surface area contributed by atoms with E-state index in [2.05, 4.69) is 22.4 Å². The Morgan fingerprint density at radius 1 is 1.22 bits per heavy atom. The molecule has 1 saturated heterocycles. The third-order valence-electron chi connectivity index (χ3n) is 5.92. The summed E-state index contributed by atoms with van der Waals surface area (Å²) in [7, 11) is 0. The molecule has 8 heteroatoms. The molecule has 32 heavy (non-hydrogen) atoms. The van der Waals surface area contributed by atoms with Crippen molar-refractivity contribution in [2.45, 2.75) is 37.7 Å². The normalized spacial score (nSPS) is 22.2. The van der Waals surface area contributed by atoms with Crippen LogP contribution in [0.2, 0.25) is 0 Å². The van der Waals surface area contributed by atoms with Crippen LogP contribution in [-0.4, -0.2) is 39.6 Å². The minimum atomic E-state index is -0.807. The van der Waals surface area contributed by atoms with E-state index < -0.39 is 30.2 Å². The number of aromatic nitrogens is 2. The number of aliphatic hydroxyl groups is 1. The van der Waals surface area contributed by atoms with Crippen LogP contribution in [0.5, 0.6) is 0 Å². The Kier molecular flexibility index (Phi) is 4.93. The molecule has 1 aromatic heterocycles. The molecule has 0 bridgehead atoms. The van der Waals surface area contributed by atoms with Gasteiger partial charge in [-0.3, -0.25) is 9.88 Å². The van der Waals surface area contributed by atoms with Crippen molar-refractivity contribution in [1.29, 1.82) is 0 Å². The smallest absolute Gasteiger partial charge is 0.412 e. The van der Waals surface area contributed by atoms with Crippen molar-refractivity contribution in [3.63, 3.8) is 0 Å². The largest absolute Gasteiger partial charge is 0.448 e. The quantitative estimate of drug-likeness (QED) is 0.653.